The third-order valence-corrected chi connectivity index (χ3v) is 3.18. The van der Waals surface area contributed by atoms with Crippen molar-refractivity contribution in [2.24, 2.45) is 5.92 Å². The Morgan fingerprint density at radius 1 is 1.27 bits per heavy atom. The van der Waals surface area contributed by atoms with Gasteiger partial charge in [-0.15, -0.1) is 0 Å². The molecule has 1 heteroatoms. The standard InChI is InChI=1S/C10H16O/c11-10(7-3-4-8-10)9-5-1-2-6-9/h3,7,9,11H,1-2,4-6,8H2. The van der Waals surface area contributed by atoms with Crippen LogP contribution in [0.1, 0.15) is 38.5 Å². The summed E-state index contributed by atoms with van der Waals surface area (Å²) in [7, 11) is 0. The fourth-order valence-corrected chi connectivity index (χ4v) is 2.45. The van der Waals surface area contributed by atoms with Gasteiger partial charge in [0.2, 0.25) is 0 Å². The third-order valence-electron chi connectivity index (χ3n) is 3.18. The lowest BCUT2D eigenvalue weighted by atomic mass is 9.86. The Kier molecular flexibility index (Phi) is 1.76. The summed E-state index contributed by atoms with van der Waals surface area (Å²) in [6.45, 7) is 0. The second kappa shape index (κ2) is 2.63. The summed E-state index contributed by atoms with van der Waals surface area (Å²) in [6, 6.07) is 0. The first-order chi connectivity index (χ1) is 5.31. The van der Waals surface area contributed by atoms with Crippen LogP contribution in [0.25, 0.3) is 0 Å². The lowest BCUT2D eigenvalue weighted by Crippen LogP contribution is -2.31. The second-order valence-corrected chi connectivity index (χ2v) is 3.91. The second-order valence-electron chi connectivity index (χ2n) is 3.91. The number of rotatable bonds is 1. The van der Waals surface area contributed by atoms with Crippen LogP contribution in [0.15, 0.2) is 12.2 Å². The third kappa shape index (κ3) is 1.22. The summed E-state index contributed by atoms with van der Waals surface area (Å²) in [6.07, 6.45) is 11.3. The first kappa shape index (κ1) is 7.35. The molecular weight excluding hydrogens is 136 g/mol. The van der Waals surface area contributed by atoms with E-state index in [1.165, 1.54) is 25.7 Å². The van der Waals surface area contributed by atoms with Gasteiger partial charge in [-0.25, -0.2) is 0 Å². The van der Waals surface area contributed by atoms with Gasteiger partial charge >= 0.3 is 0 Å². The number of aliphatic hydroxyl groups is 1. The van der Waals surface area contributed by atoms with E-state index in [1.54, 1.807) is 0 Å². The Balaban J connectivity index is 2.06. The van der Waals surface area contributed by atoms with Crippen molar-refractivity contribution in [3.63, 3.8) is 0 Å². The maximum Gasteiger partial charge on any atom is 0.0858 e. The molecule has 2 rings (SSSR count). The van der Waals surface area contributed by atoms with E-state index in [2.05, 4.69) is 6.08 Å². The van der Waals surface area contributed by atoms with E-state index in [-0.39, 0.29) is 0 Å². The van der Waals surface area contributed by atoms with Gasteiger partial charge in [-0.05, 0) is 31.6 Å². The van der Waals surface area contributed by atoms with Crippen LogP contribution < -0.4 is 0 Å². The quantitative estimate of drug-likeness (QED) is 0.571. The SMILES string of the molecule is OC1(C2CCCC2)C=CCC1. The summed E-state index contributed by atoms with van der Waals surface area (Å²) in [5, 5.41) is 10.1. The lowest BCUT2D eigenvalue weighted by molar-refractivity contribution is 0.0307. The van der Waals surface area contributed by atoms with Crippen molar-refractivity contribution >= 4 is 0 Å². The highest BCUT2D eigenvalue weighted by Crippen LogP contribution is 2.40. The summed E-state index contributed by atoms with van der Waals surface area (Å²) < 4.78 is 0. The van der Waals surface area contributed by atoms with Crippen molar-refractivity contribution in [3.05, 3.63) is 12.2 Å². The highest BCUT2D eigenvalue weighted by atomic mass is 16.3. The molecule has 1 fully saturated rings. The van der Waals surface area contributed by atoms with Crippen LogP contribution in [0.4, 0.5) is 0 Å². The van der Waals surface area contributed by atoms with Crippen molar-refractivity contribution in [2.45, 2.75) is 44.1 Å². The normalized spacial score (nSPS) is 38.6. The van der Waals surface area contributed by atoms with Gasteiger partial charge in [0, 0.05) is 0 Å². The molecule has 0 amide bonds. The van der Waals surface area contributed by atoms with Crippen LogP contribution in [0, 0.1) is 5.92 Å². The molecule has 0 saturated heterocycles. The Labute approximate surface area is 68.1 Å². The Morgan fingerprint density at radius 2 is 2.00 bits per heavy atom. The predicted octanol–water partition coefficient (Wildman–Crippen LogP) is 2.26. The minimum absolute atomic E-state index is 0.406. The fourth-order valence-electron chi connectivity index (χ4n) is 2.45. The fraction of sp³-hybridized carbons (Fsp3) is 0.800. The van der Waals surface area contributed by atoms with E-state index < -0.39 is 5.60 Å². The van der Waals surface area contributed by atoms with Crippen LogP contribution in [-0.2, 0) is 0 Å². The molecule has 0 aromatic heterocycles. The molecule has 11 heavy (non-hydrogen) atoms. The molecule has 0 aromatic rings. The van der Waals surface area contributed by atoms with Gasteiger partial charge in [0.25, 0.3) is 0 Å². The predicted molar refractivity (Wildman–Crippen MR) is 45.3 cm³/mol. The Bertz CT molecular complexity index is 168. The van der Waals surface area contributed by atoms with Crippen molar-refractivity contribution < 1.29 is 5.11 Å². The molecular formula is C10H16O. The monoisotopic (exact) mass is 152 g/mol. The van der Waals surface area contributed by atoms with Gasteiger partial charge < -0.3 is 5.11 Å². The van der Waals surface area contributed by atoms with Crippen molar-refractivity contribution in [1.82, 2.24) is 0 Å². The van der Waals surface area contributed by atoms with E-state index in [4.69, 9.17) is 0 Å². The maximum atomic E-state index is 10.1. The molecule has 2 aliphatic rings. The zero-order chi connectivity index (χ0) is 7.73. The minimum atomic E-state index is -0.406. The van der Waals surface area contributed by atoms with Gasteiger partial charge in [-0.1, -0.05) is 25.0 Å². The molecule has 0 radical (unpaired) electrons. The van der Waals surface area contributed by atoms with Gasteiger partial charge in [0.05, 0.1) is 5.60 Å². The zero-order valence-electron chi connectivity index (χ0n) is 6.92. The first-order valence-corrected chi connectivity index (χ1v) is 4.71. The highest BCUT2D eigenvalue weighted by molar-refractivity contribution is 5.11. The average molecular weight is 152 g/mol. The summed E-state index contributed by atoms with van der Waals surface area (Å²) in [4.78, 5) is 0. The van der Waals surface area contributed by atoms with Gasteiger partial charge in [-0.2, -0.15) is 0 Å². The lowest BCUT2D eigenvalue weighted by Gasteiger charge is -2.27. The first-order valence-electron chi connectivity index (χ1n) is 4.71. The highest BCUT2D eigenvalue weighted by Gasteiger charge is 2.37. The van der Waals surface area contributed by atoms with Gasteiger partial charge in [-0.3, -0.25) is 0 Å². The molecule has 2 aliphatic carbocycles. The molecule has 1 atom stereocenters. The Morgan fingerprint density at radius 3 is 2.55 bits per heavy atom. The topological polar surface area (TPSA) is 20.2 Å². The summed E-state index contributed by atoms with van der Waals surface area (Å²) in [5.74, 6) is 0.571. The average Bonchev–Trinajstić information content (AvgIpc) is 2.55. The zero-order valence-corrected chi connectivity index (χ0v) is 6.92. The van der Waals surface area contributed by atoms with E-state index in [1.807, 2.05) is 6.08 Å². The molecule has 1 nitrogen and oxygen atoms in total. The summed E-state index contributed by atoms with van der Waals surface area (Å²) in [5.41, 5.74) is -0.406. The summed E-state index contributed by atoms with van der Waals surface area (Å²) >= 11 is 0. The van der Waals surface area contributed by atoms with Crippen molar-refractivity contribution in [2.75, 3.05) is 0 Å². The molecule has 1 saturated carbocycles. The van der Waals surface area contributed by atoms with Gasteiger partial charge in [0.15, 0.2) is 0 Å². The molecule has 62 valence electrons. The van der Waals surface area contributed by atoms with Crippen LogP contribution in [-0.4, -0.2) is 10.7 Å². The molecule has 0 spiro atoms. The molecule has 0 aliphatic heterocycles. The largest absolute Gasteiger partial charge is 0.385 e. The van der Waals surface area contributed by atoms with Crippen LogP contribution in [0.2, 0.25) is 0 Å². The van der Waals surface area contributed by atoms with Crippen LogP contribution in [0.3, 0.4) is 0 Å². The van der Waals surface area contributed by atoms with Gasteiger partial charge in [0.1, 0.15) is 0 Å². The maximum absolute atomic E-state index is 10.1. The van der Waals surface area contributed by atoms with E-state index in [9.17, 15) is 5.11 Å². The van der Waals surface area contributed by atoms with E-state index in [0.29, 0.717) is 5.92 Å². The van der Waals surface area contributed by atoms with Crippen LogP contribution >= 0.6 is 0 Å². The molecule has 0 aromatic carbocycles. The molecule has 1 unspecified atom stereocenters. The van der Waals surface area contributed by atoms with Crippen molar-refractivity contribution in [1.29, 1.82) is 0 Å². The molecule has 0 heterocycles. The van der Waals surface area contributed by atoms with Crippen LogP contribution in [0.5, 0.6) is 0 Å². The smallest absolute Gasteiger partial charge is 0.0858 e. The van der Waals surface area contributed by atoms with Crippen molar-refractivity contribution in [3.8, 4) is 0 Å². The van der Waals surface area contributed by atoms with E-state index >= 15 is 0 Å². The number of allylic oxidation sites excluding steroid dienone is 1. The molecule has 1 N–H and O–H groups in total. The Hall–Kier alpha value is -0.300. The minimum Gasteiger partial charge on any atom is -0.385 e. The number of hydrogen-bond acceptors (Lipinski definition) is 1. The molecule has 0 bridgehead atoms. The van der Waals surface area contributed by atoms with E-state index in [0.717, 1.165) is 12.8 Å². The number of hydrogen-bond donors (Lipinski definition) is 1.